The topological polar surface area (TPSA) is 3.24 Å². The first-order valence-corrected chi connectivity index (χ1v) is 3.42. The molecule has 1 saturated heterocycles. The van der Waals surface area contributed by atoms with Gasteiger partial charge in [0.25, 0.3) is 0 Å². The second-order valence-corrected chi connectivity index (χ2v) is 3.76. The van der Waals surface area contributed by atoms with Crippen molar-refractivity contribution in [3.63, 3.8) is 0 Å². The number of allylic oxidation sites excluding steroid dienone is 1. The number of likely N-dealkylation sites (tertiary alicyclic amines) is 1. The van der Waals surface area contributed by atoms with Gasteiger partial charge in [-0.3, -0.25) is 0 Å². The highest BCUT2D eigenvalue weighted by molar-refractivity contribution is 5.00. The predicted molar refractivity (Wildman–Crippen MR) is 40.2 cm³/mol. The van der Waals surface area contributed by atoms with Crippen LogP contribution in [0.3, 0.4) is 0 Å². The molecule has 0 aromatic carbocycles. The van der Waals surface area contributed by atoms with E-state index in [0.29, 0.717) is 5.41 Å². The molecule has 0 N–H and O–H groups in total. The highest BCUT2D eigenvalue weighted by Crippen LogP contribution is 2.30. The minimum Gasteiger partial charge on any atom is -0.374 e. The number of hydrogen-bond donors (Lipinski definition) is 0. The molecule has 52 valence electrons. The molecule has 1 rings (SSSR count). The fourth-order valence-electron chi connectivity index (χ4n) is 1.26. The van der Waals surface area contributed by atoms with E-state index in [1.807, 2.05) is 0 Å². The quantitative estimate of drug-likeness (QED) is 0.517. The number of nitrogens with zero attached hydrogens (tertiary/aromatic N) is 1. The summed E-state index contributed by atoms with van der Waals surface area (Å²) in [5, 5.41) is 0. The molecule has 0 aromatic rings. The summed E-state index contributed by atoms with van der Waals surface area (Å²) >= 11 is 0. The molecule has 0 bridgehead atoms. The van der Waals surface area contributed by atoms with Gasteiger partial charge in [-0.05, 0) is 12.3 Å². The van der Waals surface area contributed by atoms with E-state index in [1.165, 1.54) is 18.8 Å². The zero-order valence-electron chi connectivity index (χ0n) is 6.57. The Kier molecular flexibility index (Phi) is 1.30. The first-order chi connectivity index (χ1) is 4.01. The van der Waals surface area contributed by atoms with Gasteiger partial charge in [0.2, 0.25) is 0 Å². The Morgan fingerprint density at radius 1 is 1.44 bits per heavy atom. The standard InChI is InChI=1S/C8H15N/c1-7(2)9-5-8(3,4)6-9/h1,5-6H2,2-4H3. The van der Waals surface area contributed by atoms with E-state index in [0.717, 1.165) is 0 Å². The highest BCUT2D eigenvalue weighted by atomic mass is 15.2. The van der Waals surface area contributed by atoms with Crippen molar-refractivity contribution < 1.29 is 0 Å². The van der Waals surface area contributed by atoms with Gasteiger partial charge in [0.05, 0.1) is 0 Å². The maximum absolute atomic E-state index is 3.87. The van der Waals surface area contributed by atoms with Crippen molar-refractivity contribution in [1.29, 1.82) is 0 Å². The summed E-state index contributed by atoms with van der Waals surface area (Å²) in [6.45, 7) is 12.9. The first kappa shape index (κ1) is 6.66. The minimum atomic E-state index is 0.541. The molecule has 0 radical (unpaired) electrons. The summed E-state index contributed by atoms with van der Waals surface area (Å²) in [6.07, 6.45) is 0. The van der Waals surface area contributed by atoms with E-state index < -0.39 is 0 Å². The van der Waals surface area contributed by atoms with Crippen LogP contribution in [0.5, 0.6) is 0 Å². The molecule has 0 aromatic heterocycles. The van der Waals surface area contributed by atoms with Gasteiger partial charge in [0.1, 0.15) is 0 Å². The van der Waals surface area contributed by atoms with Gasteiger partial charge < -0.3 is 4.90 Å². The zero-order valence-corrected chi connectivity index (χ0v) is 6.57. The van der Waals surface area contributed by atoms with Gasteiger partial charge in [0.15, 0.2) is 0 Å². The Labute approximate surface area is 57.4 Å². The van der Waals surface area contributed by atoms with Crippen LogP contribution in [0.25, 0.3) is 0 Å². The van der Waals surface area contributed by atoms with Crippen LogP contribution >= 0.6 is 0 Å². The average Bonchev–Trinajstić information content (AvgIpc) is 1.59. The van der Waals surface area contributed by atoms with Crippen molar-refractivity contribution in [3.05, 3.63) is 12.3 Å². The smallest absolute Gasteiger partial charge is 0.0243 e. The van der Waals surface area contributed by atoms with Crippen LogP contribution in [0.2, 0.25) is 0 Å². The molecule has 0 atom stereocenters. The third kappa shape index (κ3) is 1.26. The SMILES string of the molecule is C=C(C)N1CC(C)(C)C1. The van der Waals surface area contributed by atoms with Crippen LogP contribution in [-0.4, -0.2) is 18.0 Å². The van der Waals surface area contributed by atoms with E-state index in [1.54, 1.807) is 0 Å². The third-order valence-electron chi connectivity index (χ3n) is 1.78. The molecule has 9 heavy (non-hydrogen) atoms. The van der Waals surface area contributed by atoms with E-state index >= 15 is 0 Å². The molecule has 1 nitrogen and oxygen atoms in total. The molecule has 1 aliphatic rings. The lowest BCUT2D eigenvalue weighted by molar-refractivity contribution is 0.0650. The van der Waals surface area contributed by atoms with Gasteiger partial charge in [-0.25, -0.2) is 0 Å². The molecule has 0 aliphatic carbocycles. The highest BCUT2D eigenvalue weighted by Gasteiger charge is 2.33. The van der Waals surface area contributed by atoms with E-state index in [4.69, 9.17) is 0 Å². The summed E-state index contributed by atoms with van der Waals surface area (Å²) in [5.74, 6) is 0. The summed E-state index contributed by atoms with van der Waals surface area (Å²) < 4.78 is 0. The molecule has 1 fully saturated rings. The molecule has 1 heteroatoms. The average molecular weight is 125 g/mol. The van der Waals surface area contributed by atoms with E-state index in [2.05, 4.69) is 32.3 Å². The number of hydrogen-bond acceptors (Lipinski definition) is 1. The molecular formula is C8H15N. The lowest BCUT2D eigenvalue weighted by Gasteiger charge is -2.47. The van der Waals surface area contributed by atoms with E-state index in [-0.39, 0.29) is 0 Å². The largest absolute Gasteiger partial charge is 0.374 e. The van der Waals surface area contributed by atoms with Crippen LogP contribution in [-0.2, 0) is 0 Å². The molecule has 0 saturated carbocycles. The number of rotatable bonds is 1. The van der Waals surface area contributed by atoms with Crippen LogP contribution in [0.4, 0.5) is 0 Å². The summed E-state index contributed by atoms with van der Waals surface area (Å²) in [5.41, 5.74) is 1.74. The molecular weight excluding hydrogens is 110 g/mol. The van der Waals surface area contributed by atoms with Crippen molar-refractivity contribution in [3.8, 4) is 0 Å². The predicted octanol–water partition coefficient (Wildman–Crippen LogP) is 1.86. The Morgan fingerprint density at radius 2 is 1.89 bits per heavy atom. The van der Waals surface area contributed by atoms with Gasteiger partial charge in [-0.2, -0.15) is 0 Å². The molecule has 0 spiro atoms. The Morgan fingerprint density at radius 3 is 2.00 bits per heavy atom. The lowest BCUT2D eigenvalue weighted by Crippen LogP contribution is -2.51. The minimum absolute atomic E-state index is 0.541. The van der Waals surface area contributed by atoms with Crippen molar-refractivity contribution in [2.75, 3.05) is 13.1 Å². The molecule has 0 unspecified atom stereocenters. The lowest BCUT2D eigenvalue weighted by atomic mass is 9.84. The van der Waals surface area contributed by atoms with Gasteiger partial charge in [0, 0.05) is 18.8 Å². The van der Waals surface area contributed by atoms with Gasteiger partial charge >= 0.3 is 0 Å². The van der Waals surface area contributed by atoms with E-state index in [9.17, 15) is 0 Å². The fraction of sp³-hybridized carbons (Fsp3) is 0.750. The maximum Gasteiger partial charge on any atom is 0.0243 e. The first-order valence-electron chi connectivity index (χ1n) is 3.42. The van der Waals surface area contributed by atoms with Gasteiger partial charge in [-0.15, -0.1) is 0 Å². The summed E-state index contributed by atoms with van der Waals surface area (Å²) in [6, 6.07) is 0. The molecule has 1 heterocycles. The normalized spacial score (nSPS) is 23.2. The second kappa shape index (κ2) is 1.76. The van der Waals surface area contributed by atoms with Crippen LogP contribution in [0, 0.1) is 5.41 Å². The maximum atomic E-state index is 3.87. The van der Waals surface area contributed by atoms with Crippen LogP contribution < -0.4 is 0 Å². The Hall–Kier alpha value is -0.460. The Balaban J connectivity index is 2.35. The monoisotopic (exact) mass is 125 g/mol. The van der Waals surface area contributed by atoms with Crippen molar-refractivity contribution in [2.24, 2.45) is 5.41 Å². The Bertz CT molecular complexity index is 128. The molecule has 1 aliphatic heterocycles. The zero-order chi connectivity index (χ0) is 7.07. The molecule has 0 amide bonds. The summed E-state index contributed by atoms with van der Waals surface area (Å²) in [4.78, 5) is 2.31. The fourth-order valence-corrected chi connectivity index (χ4v) is 1.26. The second-order valence-electron chi connectivity index (χ2n) is 3.76. The third-order valence-corrected chi connectivity index (χ3v) is 1.78. The van der Waals surface area contributed by atoms with Crippen LogP contribution in [0.15, 0.2) is 12.3 Å². The van der Waals surface area contributed by atoms with Crippen molar-refractivity contribution in [1.82, 2.24) is 4.90 Å². The van der Waals surface area contributed by atoms with Crippen LogP contribution in [0.1, 0.15) is 20.8 Å². The van der Waals surface area contributed by atoms with Crippen molar-refractivity contribution in [2.45, 2.75) is 20.8 Å². The van der Waals surface area contributed by atoms with Crippen molar-refractivity contribution >= 4 is 0 Å². The summed E-state index contributed by atoms with van der Waals surface area (Å²) in [7, 11) is 0. The van der Waals surface area contributed by atoms with Gasteiger partial charge in [-0.1, -0.05) is 20.4 Å².